The van der Waals surface area contributed by atoms with E-state index >= 15 is 0 Å². The molecule has 0 aromatic heterocycles. The lowest BCUT2D eigenvalue weighted by atomic mass is 9.37. The topological polar surface area (TPSA) is 3.24 Å². The molecule has 0 bridgehead atoms. The average Bonchev–Trinajstić information content (AvgIpc) is 3.32. The largest absolute Gasteiger partial charge is 0.311 e. The number of fused-ring (bicyclic) bond motifs is 5. The first-order valence-corrected chi connectivity index (χ1v) is 15.2. The zero-order valence-corrected chi connectivity index (χ0v) is 25.1. The Morgan fingerprint density at radius 3 is 1.85 bits per heavy atom. The van der Waals surface area contributed by atoms with E-state index in [-0.39, 0.29) is 6.71 Å². The minimum Gasteiger partial charge on any atom is -0.311 e. The van der Waals surface area contributed by atoms with E-state index < -0.39 is 0 Å². The maximum Gasteiger partial charge on any atom is 0.248 e. The quantitative estimate of drug-likeness (QED) is 0.200. The van der Waals surface area contributed by atoms with Crippen molar-refractivity contribution in [3.05, 3.63) is 120 Å². The molecule has 5 aromatic rings. The van der Waals surface area contributed by atoms with E-state index in [1.54, 1.807) is 0 Å². The van der Waals surface area contributed by atoms with Gasteiger partial charge in [-0.2, -0.15) is 0 Å². The summed E-state index contributed by atoms with van der Waals surface area (Å²) < 4.78 is 0. The number of rotatable bonds is 5. The normalized spacial score (nSPS) is 13.2. The SMILES string of the molecule is CC(C)c1cccc(N2c3cc(C(C)C)ccc3B3c4ccc(C(C)C)cc4-c4cc(-c5ccccc5)cc2c43)c1. The third-order valence-electron chi connectivity index (χ3n) is 9.21. The Hall–Kier alpha value is -4.04. The monoisotopic (exact) mass is 531 g/mol. The Labute approximate surface area is 246 Å². The van der Waals surface area contributed by atoms with Crippen LogP contribution in [0.3, 0.4) is 0 Å². The predicted molar refractivity (Wildman–Crippen MR) is 179 cm³/mol. The van der Waals surface area contributed by atoms with Crippen LogP contribution in [0, 0.1) is 0 Å². The smallest absolute Gasteiger partial charge is 0.248 e. The second-order valence-corrected chi connectivity index (χ2v) is 12.8. The molecule has 0 saturated heterocycles. The molecule has 0 fully saturated rings. The predicted octanol–water partition coefficient (Wildman–Crippen LogP) is 9.00. The van der Waals surface area contributed by atoms with Crippen molar-refractivity contribution in [1.29, 1.82) is 0 Å². The zero-order valence-electron chi connectivity index (χ0n) is 25.1. The van der Waals surface area contributed by atoms with E-state index in [1.807, 2.05) is 0 Å². The molecule has 7 rings (SSSR count). The van der Waals surface area contributed by atoms with E-state index in [0.29, 0.717) is 17.8 Å². The lowest BCUT2D eigenvalue weighted by molar-refractivity contribution is 0.865. The van der Waals surface area contributed by atoms with E-state index in [9.17, 15) is 0 Å². The maximum atomic E-state index is 2.56. The molecule has 0 saturated carbocycles. The highest BCUT2D eigenvalue weighted by Crippen LogP contribution is 2.44. The molecule has 5 aromatic carbocycles. The molecular formula is C39H38BN. The Morgan fingerprint density at radius 2 is 1.15 bits per heavy atom. The Kier molecular flexibility index (Phi) is 6.19. The van der Waals surface area contributed by atoms with E-state index in [1.165, 1.54) is 72.4 Å². The summed E-state index contributed by atoms with van der Waals surface area (Å²) >= 11 is 0. The molecule has 0 N–H and O–H groups in total. The molecule has 2 aliphatic heterocycles. The summed E-state index contributed by atoms with van der Waals surface area (Å²) in [6, 6.07) is 39.4. The fourth-order valence-electron chi connectivity index (χ4n) is 6.83. The highest BCUT2D eigenvalue weighted by atomic mass is 15.2. The van der Waals surface area contributed by atoms with Crippen LogP contribution < -0.4 is 21.3 Å². The van der Waals surface area contributed by atoms with Gasteiger partial charge >= 0.3 is 0 Å². The van der Waals surface area contributed by atoms with Crippen molar-refractivity contribution in [2.24, 2.45) is 0 Å². The van der Waals surface area contributed by atoms with Crippen LogP contribution in [0.15, 0.2) is 103 Å². The van der Waals surface area contributed by atoms with Gasteiger partial charge in [-0.1, -0.05) is 120 Å². The van der Waals surface area contributed by atoms with E-state index in [0.717, 1.165) is 0 Å². The molecule has 1 nitrogen and oxygen atoms in total. The van der Waals surface area contributed by atoms with Crippen molar-refractivity contribution in [3.8, 4) is 22.3 Å². The second kappa shape index (κ2) is 9.81. The third-order valence-corrected chi connectivity index (χ3v) is 9.21. The lowest BCUT2D eigenvalue weighted by Gasteiger charge is -2.37. The minimum absolute atomic E-state index is 0.238. The molecular weight excluding hydrogens is 493 g/mol. The van der Waals surface area contributed by atoms with Gasteiger partial charge in [0, 0.05) is 17.1 Å². The number of nitrogens with zero attached hydrogens (tertiary/aromatic N) is 1. The van der Waals surface area contributed by atoms with Crippen molar-refractivity contribution < 1.29 is 0 Å². The van der Waals surface area contributed by atoms with Gasteiger partial charge < -0.3 is 4.90 Å². The number of hydrogen-bond acceptors (Lipinski definition) is 1. The summed E-state index contributed by atoms with van der Waals surface area (Å²) in [6.07, 6.45) is 0. The molecule has 2 heterocycles. The van der Waals surface area contributed by atoms with Crippen LogP contribution >= 0.6 is 0 Å². The minimum atomic E-state index is 0.238. The maximum absolute atomic E-state index is 2.56. The summed E-state index contributed by atoms with van der Waals surface area (Å²) in [5, 5.41) is 0. The molecule has 0 spiro atoms. The number of hydrogen-bond donors (Lipinski definition) is 0. The third kappa shape index (κ3) is 4.15. The summed E-state index contributed by atoms with van der Waals surface area (Å²) in [5.41, 5.74) is 17.6. The fraction of sp³-hybridized carbons (Fsp3) is 0.231. The molecule has 41 heavy (non-hydrogen) atoms. The van der Waals surface area contributed by atoms with Gasteiger partial charge in [0.25, 0.3) is 0 Å². The standard InChI is InChI=1S/C39H38BN/c1-24(2)28-13-10-14-32(19-28)41-37-22-30(26(5)6)16-18-36(37)40-35-17-15-29(25(3)4)20-33(35)34-21-31(23-38(41)39(34)40)27-11-8-7-9-12-27/h7-26H,1-6H3. The highest BCUT2D eigenvalue weighted by molar-refractivity contribution is 7.01. The average molecular weight is 532 g/mol. The fourth-order valence-corrected chi connectivity index (χ4v) is 6.83. The van der Waals surface area contributed by atoms with E-state index in [2.05, 4.69) is 150 Å². The van der Waals surface area contributed by atoms with Crippen molar-refractivity contribution in [2.75, 3.05) is 4.90 Å². The zero-order chi connectivity index (χ0) is 28.4. The Morgan fingerprint density at radius 1 is 0.488 bits per heavy atom. The highest BCUT2D eigenvalue weighted by Gasteiger charge is 2.43. The number of anilines is 3. The Balaban J connectivity index is 1.58. The van der Waals surface area contributed by atoms with Crippen molar-refractivity contribution in [2.45, 2.75) is 59.3 Å². The van der Waals surface area contributed by atoms with Crippen LogP contribution in [0.1, 0.15) is 76.0 Å². The molecule has 0 radical (unpaired) electrons. The molecule has 2 aliphatic rings. The first-order valence-electron chi connectivity index (χ1n) is 15.2. The molecule has 0 amide bonds. The van der Waals surface area contributed by atoms with Crippen molar-refractivity contribution in [3.63, 3.8) is 0 Å². The van der Waals surface area contributed by atoms with Gasteiger partial charge in [0.15, 0.2) is 0 Å². The van der Waals surface area contributed by atoms with E-state index in [4.69, 9.17) is 0 Å². The Bertz CT molecular complexity index is 1780. The second-order valence-electron chi connectivity index (χ2n) is 12.8. The molecule has 0 unspecified atom stereocenters. The van der Waals surface area contributed by atoms with Gasteiger partial charge in [0.1, 0.15) is 0 Å². The molecule has 0 atom stereocenters. The van der Waals surface area contributed by atoms with Crippen LogP contribution in [0.5, 0.6) is 0 Å². The van der Waals surface area contributed by atoms with Crippen LogP contribution in [-0.4, -0.2) is 6.71 Å². The first kappa shape index (κ1) is 25.9. The molecule has 202 valence electrons. The first-order chi connectivity index (χ1) is 19.8. The van der Waals surface area contributed by atoms with Gasteiger partial charge in [-0.15, -0.1) is 0 Å². The molecule has 0 aliphatic carbocycles. The van der Waals surface area contributed by atoms with Crippen LogP contribution in [0.4, 0.5) is 17.1 Å². The lowest BCUT2D eigenvalue weighted by Crippen LogP contribution is -2.54. The van der Waals surface area contributed by atoms with Gasteiger partial charge in [-0.25, -0.2) is 0 Å². The van der Waals surface area contributed by atoms with Gasteiger partial charge in [0.2, 0.25) is 6.71 Å². The van der Waals surface area contributed by atoms with Gasteiger partial charge in [0.05, 0.1) is 0 Å². The van der Waals surface area contributed by atoms with Crippen LogP contribution in [0.2, 0.25) is 0 Å². The summed E-state index contributed by atoms with van der Waals surface area (Å²) in [7, 11) is 0. The van der Waals surface area contributed by atoms with Crippen molar-refractivity contribution in [1.82, 2.24) is 0 Å². The summed E-state index contributed by atoms with van der Waals surface area (Å²) in [6.45, 7) is 14.0. The summed E-state index contributed by atoms with van der Waals surface area (Å²) in [4.78, 5) is 2.56. The van der Waals surface area contributed by atoms with Crippen molar-refractivity contribution >= 4 is 40.2 Å². The molecule has 2 heteroatoms. The summed E-state index contributed by atoms with van der Waals surface area (Å²) in [5.74, 6) is 1.41. The van der Waals surface area contributed by atoms with Gasteiger partial charge in [-0.05, 0) is 98.0 Å². The number of benzene rings is 5. The van der Waals surface area contributed by atoms with Crippen LogP contribution in [0.25, 0.3) is 22.3 Å². The van der Waals surface area contributed by atoms with Crippen LogP contribution in [-0.2, 0) is 0 Å². The van der Waals surface area contributed by atoms with Gasteiger partial charge in [-0.3, -0.25) is 0 Å².